The van der Waals surface area contributed by atoms with E-state index in [0.29, 0.717) is 27.8 Å². The summed E-state index contributed by atoms with van der Waals surface area (Å²) in [6, 6.07) is 8.33. The highest BCUT2D eigenvalue weighted by molar-refractivity contribution is 9.10. The van der Waals surface area contributed by atoms with Gasteiger partial charge in [-0.15, -0.1) is 0 Å². The quantitative estimate of drug-likeness (QED) is 0.616. The van der Waals surface area contributed by atoms with Crippen LogP contribution in [0.25, 0.3) is 0 Å². The van der Waals surface area contributed by atoms with Gasteiger partial charge in [0, 0.05) is 15.1 Å². The Labute approximate surface area is 151 Å². The molecule has 6 nitrogen and oxygen atoms in total. The summed E-state index contributed by atoms with van der Waals surface area (Å²) < 4.78 is 16.5. The van der Waals surface area contributed by atoms with E-state index in [0.717, 1.165) is 10.0 Å². The van der Waals surface area contributed by atoms with Gasteiger partial charge in [-0.1, -0.05) is 11.6 Å². The SMILES string of the molecule is COc1ccc(Cl)cc1C(=O)NN=Cc1cc2c(cc1Br)OCO2. The van der Waals surface area contributed by atoms with Gasteiger partial charge in [-0.05, 0) is 46.3 Å². The number of carbonyl (C=O) groups excluding carboxylic acids is 1. The first kappa shape index (κ1) is 16.6. The van der Waals surface area contributed by atoms with Crippen LogP contribution in [0.1, 0.15) is 15.9 Å². The normalized spacial score (nSPS) is 12.5. The van der Waals surface area contributed by atoms with E-state index in [1.165, 1.54) is 19.4 Å². The second kappa shape index (κ2) is 7.11. The first-order chi connectivity index (χ1) is 11.6. The fraction of sp³-hybridized carbons (Fsp3) is 0.125. The Morgan fingerprint density at radius 3 is 2.83 bits per heavy atom. The van der Waals surface area contributed by atoms with Gasteiger partial charge < -0.3 is 14.2 Å². The van der Waals surface area contributed by atoms with Crippen molar-refractivity contribution < 1.29 is 19.0 Å². The highest BCUT2D eigenvalue weighted by Crippen LogP contribution is 2.36. The number of nitrogens with one attached hydrogen (secondary N) is 1. The molecule has 1 heterocycles. The zero-order chi connectivity index (χ0) is 17.1. The van der Waals surface area contributed by atoms with Crippen LogP contribution in [0.3, 0.4) is 0 Å². The van der Waals surface area contributed by atoms with E-state index in [1.807, 2.05) is 0 Å². The van der Waals surface area contributed by atoms with Crippen molar-refractivity contribution in [2.24, 2.45) is 5.10 Å². The van der Waals surface area contributed by atoms with Gasteiger partial charge in [0.2, 0.25) is 6.79 Å². The van der Waals surface area contributed by atoms with Crippen molar-refractivity contribution in [1.29, 1.82) is 0 Å². The summed E-state index contributed by atoms with van der Waals surface area (Å²) in [4.78, 5) is 12.2. The van der Waals surface area contributed by atoms with Gasteiger partial charge in [-0.25, -0.2) is 5.43 Å². The van der Waals surface area contributed by atoms with E-state index in [9.17, 15) is 4.79 Å². The van der Waals surface area contributed by atoms with E-state index in [-0.39, 0.29) is 6.79 Å². The molecule has 24 heavy (non-hydrogen) atoms. The van der Waals surface area contributed by atoms with Crippen molar-refractivity contribution in [3.8, 4) is 17.2 Å². The number of hydrogen-bond donors (Lipinski definition) is 1. The molecule has 1 aliphatic heterocycles. The lowest BCUT2D eigenvalue weighted by Gasteiger charge is -2.07. The molecule has 0 aromatic heterocycles. The van der Waals surface area contributed by atoms with Gasteiger partial charge in [0.1, 0.15) is 5.75 Å². The number of fused-ring (bicyclic) bond motifs is 1. The van der Waals surface area contributed by atoms with Gasteiger partial charge in [0.15, 0.2) is 11.5 Å². The molecule has 1 amide bonds. The Kier molecular flexibility index (Phi) is 4.92. The zero-order valence-corrected chi connectivity index (χ0v) is 14.8. The van der Waals surface area contributed by atoms with Gasteiger partial charge in [-0.3, -0.25) is 4.79 Å². The van der Waals surface area contributed by atoms with Crippen LogP contribution in [-0.2, 0) is 0 Å². The highest BCUT2D eigenvalue weighted by Gasteiger charge is 2.16. The van der Waals surface area contributed by atoms with Gasteiger partial charge >= 0.3 is 0 Å². The molecular weight excluding hydrogens is 400 g/mol. The number of nitrogens with zero attached hydrogens (tertiary/aromatic N) is 1. The zero-order valence-electron chi connectivity index (χ0n) is 12.5. The number of rotatable bonds is 4. The number of hydrazone groups is 1. The summed E-state index contributed by atoms with van der Waals surface area (Å²) in [5.74, 6) is 1.27. The minimum absolute atomic E-state index is 0.188. The molecule has 0 bridgehead atoms. The minimum Gasteiger partial charge on any atom is -0.496 e. The van der Waals surface area contributed by atoms with E-state index in [2.05, 4.69) is 26.5 Å². The van der Waals surface area contributed by atoms with E-state index in [4.69, 9.17) is 25.8 Å². The fourth-order valence-electron chi connectivity index (χ4n) is 2.11. The molecule has 124 valence electrons. The monoisotopic (exact) mass is 410 g/mol. The van der Waals surface area contributed by atoms with Crippen LogP contribution in [0, 0.1) is 0 Å². The second-order valence-corrected chi connectivity index (χ2v) is 6.06. The Hall–Kier alpha value is -2.25. The molecule has 0 fully saturated rings. The van der Waals surface area contributed by atoms with Crippen LogP contribution >= 0.6 is 27.5 Å². The van der Waals surface area contributed by atoms with Gasteiger partial charge in [0.05, 0.1) is 18.9 Å². The van der Waals surface area contributed by atoms with Crippen molar-refractivity contribution >= 4 is 39.7 Å². The molecule has 8 heteroatoms. The molecule has 0 saturated heterocycles. The highest BCUT2D eigenvalue weighted by atomic mass is 79.9. The molecule has 0 radical (unpaired) electrons. The Balaban J connectivity index is 1.75. The van der Waals surface area contributed by atoms with Gasteiger partial charge in [0.25, 0.3) is 5.91 Å². The number of halogens is 2. The maximum absolute atomic E-state index is 12.2. The van der Waals surface area contributed by atoms with Crippen LogP contribution in [0.5, 0.6) is 17.2 Å². The molecule has 0 saturated carbocycles. The third-order valence-electron chi connectivity index (χ3n) is 3.27. The molecule has 0 unspecified atom stereocenters. The Morgan fingerprint density at radius 1 is 1.33 bits per heavy atom. The van der Waals surface area contributed by atoms with E-state index < -0.39 is 5.91 Å². The van der Waals surface area contributed by atoms with E-state index >= 15 is 0 Å². The van der Waals surface area contributed by atoms with Crippen LogP contribution in [0.4, 0.5) is 0 Å². The number of ether oxygens (including phenoxy) is 3. The van der Waals surface area contributed by atoms with Crippen molar-refractivity contribution in [2.75, 3.05) is 13.9 Å². The number of hydrogen-bond acceptors (Lipinski definition) is 5. The van der Waals surface area contributed by atoms with Crippen molar-refractivity contribution in [2.45, 2.75) is 0 Å². The van der Waals surface area contributed by atoms with Crippen LogP contribution < -0.4 is 19.6 Å². The predicted octanol–water partition coefficient (Wildman–Crippen LogP) is 3.60. The number of benzene rings is 2. The molecular formula is C16H12BrClN2O4. The van der Waals surface area contributed by atoms with Gasteiger partial charge in [-0.2, -0.15) is 5.10 Å². The summed E-state index contributed by atoms with van der Waals surface area (Å²) >= 11 is 9.33. The van der Waals surface area contributed by atoms with Crippen molar-refractivity contribution in [1.82, 2.24) is 5.43 Å². The maximum Gasteiger partial charge on any atom is 0.275 e. The largest absolute Gasteiger partial charge is 0.496 e. The summed E-state index contributed by atoms with van der Waals surface area (Å²) in [5, 5.41) is 4.39. The second-order valence-electron chi connectivity index (χ2n) is 4.77. The average Bonchev–Trinajstić information content (AvgIpc) is 3.01. The smallest absolute Gasteiger partial charge is 0.275 e. The first-order valence-electron chi connectivity index (χ1n) is 6.84. The lowest BCUT2D eigenvalue weighted by Crippen LogP contribution is -2.18. The molecule has 3 rings (SSSR count). The van der Waals surface area contributed by atoms with Crippen molar-refractivity contribution in [3.05, 3.63) is 51.0 Å². The Morgan fingerprint density at radius 2 is 2.08 bits per heavy atom. The van der Waals surface area contributed by atoms with E-state index in [1.54, 1.807) is 24.3 Å². The van der Waals surface area contributed by atoms with Crippen LogP contribution in [-0.4, -0.2) is 26.0 Å². The maximum atomic E-state index is 12.2. The predicted molar refractivity (Wildman–Crippen MR) is 93.3 cm³/mol. The summed E-state index contributed by atoms with van der Waals surface area (Å²) in [7, 11) is 1.48. The molecule has 0 spiro atoms. The topological polar surface area (TPSA) is 69.2 Å². The molecule has 1 N–H and O–H groups in total. The number of amides is 1. The van der Waals surface area contributed by atoms with Crippen LogP contribution in [0.2, 0.25) is 5.02 Å². The molecule has 2 aromatic carbocycles. The first-order valence-corrected chi connectivity index (χ1v) is 8.01. The average molecular weight is 412 g/mol. The lowest BCUT2D eigenvalue weighted by molar-refractivity contribution is 0.0952. The summed E-state index contributed by atoms with van der Waals surface area (Å²) in [5.41, 5.74) is 3.48. The number of methoxy groups -OCH3 is 1. The molecule has 1 aliphatic rings. The third kappa shape index (κ3) is 3.47. The third-order valence-corrected chi connectivity index (χ3v) is 4.19. The molecule has 2 aromatic rings. The summed E-state index contributed by atoms with van der Waals surface area (Å²) in [6.45, 7) is 0.188. The Bertz CT molecular complexity index is 826. The van der Waals surface area contributed by atoms with Crippen LogP contribution in [0.15, 0.2) is 39.9 Å². The van der Waals surface area contributed by atoms with Crippen molar-refractivity contribution in [3.63, 3.8) is 0 Å². The standard InChI is InChI=1S/C16H12BrClN2O4/c1-22-13-3-2-10(18)5-11(13)16(21)20-19-7-9-4-14-15(6-12(9)17)24-8-23-14/h2-7H,8H2,1H3,(H,20,21). The molecule has 0 aliphatic carbocycles. The number of carbonyl (C=O) groups is 1. The molecule has 0 atom stereocenters. The summed E-state index contributed by atoms with van der Waals surface area (Å²) in [6.07, 6.45) is 1.50. The fourth-order valence-corrected chi connectivity index (χ4v) is 2.71. The lowest BCUT2D eigenvalue weighted by atomic mass is 10.2. The minimum atomic E-state index is -0.428.